The molecule has 0 radical (unpaired) electrons. The molecule has 0 aliphatic rings. The fourth-order valence-electron chi connectivity index (χ4n) is 1.10. The lowest BCUT2D eigenvalue weighted by molar-refractivity contribution is -0.138. The van der Waals surface area contributed by atoms with Crippen LogP contribution in [0.1, 0.15) is 16.1 Å². The molecule has 2 amide bonds. The summed E-state index contributed by atoms with van der Waals surface area (Å²) in [6.07, 6.45) is -3.82. The highest BCUT2D eigenvalue weighted by Crippen LogP contribution is 2.13. The van der Waals surface area contributed by atoms with Gasteiger partial charge in [0.05, 0.1) is 18.2 Å². The fourth-order valence-corrected chi connectivity index (χ4v) is 1.10. The summed E-state index contributed by atoms with van der Waals surface area (Å²) in [7, 11) is 0. The number of furan rings is 1. The summed E-state index contributed by atoms with van der Waals surface area (Å²) < 4.78 is 40.2. The maximum absolute atomic E-state index is 11.8. The third kappa shape index (κ3) is 4.17. The summed E-state index contributed by atoms with van der Waals surface area (Å²) in [5.74, 6) is -1.77. The van der Waals surface area contributed by atoms with Crippen molar-refractivity contribution in [2.45, 2.75) is 12.6 Å². The van der Waals surface area contributed by atoms with Gasteiger partial charge >= 0.3 is 6.18 Å². The monoisotopic (exact) mass is 250 g/mol. The number of rotatable bonds is 4. The van der Waals surface area contributed by atoms with Crippen molar-refractivity contribution < 1.29 is 27.2 Å². The van der Waals surface area contributed by atoms with Crippen molar-refractivity contribution in [3.63, 3.8) is 0 Å². The summed E-state index contributed by atoms with van der Waals surface area (Å²) >= 11 is 0. The van der Waals surface area contributed by atoms with Crippen LogP contribution >= 0.6 is 0 Å². The Morgan fingerprint density at radius 2 is 2.06 bits per heavy atom. The lowest BCUT2D eigenvalue weighted by atomic mass is 10.2. The molecule has 8 heteroatoms. The van der Waals surface area contributed by atoms with Crippen molar-refractivity contribution in [3.05, 3.63) is 23.7 Å². The predicted octanol–water partition coefficient (Wildman–Crippen LogP) is 0.599. The van der Waals surface area contributed by atoms with Gasteiger partial charge in [0, 0.05) is 0 Å². The number of primary amides is 1. The molecule has 0 aromatic carbocycles. The average Bonchev–Trinajstić information content (AvgIpc) is 2.62. The summed E-state index contributed by atoms with van der Waals surface area (Å²) in [5.41, 5.74) is 4.95. The van der Waals surface area contributed by atoms with Crippen LogP contribution in [0.5, 0.6) is 0 Å². The van der Waals surface area contributed by atoms with Gasteiger partial charge in [-0.1, -0.05) is 0 Å². The first kappa shape index (κ1) is 13.1. The van der Waals surface area contributed by atoms with Gasteiger partial charge in [-0.15, -0.1) is 0 Å². The fraction of sp³-hybridized carbons (Fsp3) is 0.333. The molecule has 1 heterocycles. The van der Waals surface area contributed by atoms with Crippen molar-refractivity contribution in [1.82, 2.24) is 5.32 Å². The van der Waals surface area contributed by atoms with Gasteiger partial charge in [-0.3, -0.25) is 9.59 Å². The number of carbonyl (C=O) groups excluding carboxylic acids is 2. The Labute approximate surface area is 93.8 Å². The highest BCUT2D eigenvalue weighted by atomic mass is 19.4. The van der Waals surface area contributed by atoms with Crippen LogP contribution in [0.4, 0.5) is 13.2 Å². The molecule has 0 aliphatic carbocycles. The molecule has 0 fully saturated rings. The third-order valence-corrected chi connectivity index (χ3v) is 1.82. The van der Waals surface area contributed by atoms with Gasteiger partial charge in [-0.25, -0.2) is 0 Å². The zero-order valence-corrected chi connectivity index (χ0v) is 8.50. The zero-order chi connectivity index (χ0) is 13.1. The number of alkyl halides is 3. The van der Waals surface area contributed by atoms with E-state index in [1.165, 1.54) is 6.07 Å². The van der Waals surface area contributed by atoms with E-state index in [2.05, 4.69) is 0 Å². The van der Waals surface area contributed by atoms with E-state index < -0.39 is 31.0 Å². The normalized spacial score (nSPS) is 11.2. The standard InChI is InChI=1S/C9H9F3N2O3/c10-9(11,12)4-14-7(15)3-6-5(8(13)16)1-2-17-6/h1-2H,3-4H2,(H2,13,16)(H,14,15). The number of hydrogen-bond donors (Lipinski definition) is 2. The third-order valence-electron chi connectivity index (χ3n) is 1.82. The second-order valence-electron chi connectivity index (χ2n) is 3.19. The Hall–Kier alpha value is -1.99. The minimum absolute atomic E-state index is 0.0211. The molecule has 5 nitrogen and oxygen atoms in total. The van der Waals surface area contributed by atoms with Crippen LogP contribution in [0, 0.1) is 0 Å². The largest absolute Gasteiger partial charge is 0.468 e. The number of amides is 2. The van der Waals surface area contributed by atoms with Crippen molar-refractivity contribution in [2.24, 2.45) is 5.73 Å². The maximum Gasteiger partial charge on any atom is 0.405 e. The van der Waals surface area contributed by atoms with E-state index in [-0.39, 0.29) is 11.3 Å². The second-order valence-corrected chi connectivity index (χ2v) is 3.19. The van der Waals surface area contributed by atoms with Crippen LogP contribution in [0.15, 0.2) is 16.7 Å². The first-order valence-electron chi connectivity index (χ1n) is 4.49. The molecule has 1 rings (SSSR count). The lowest BCUT2D eigenvalue weighted by Gasteiger charge is -2.07. The molecule has 0 bridgehead atoms. The van der Waals surface area contributed by atoms with Crippen LogP contribution < -0.4 is 11.1 Å². The van der Waals surface area contributed by atoms with E-state index in [4.69, 9.17) is 10.2 Å². The van der Waals surface area contributed by atoms with E-state index in [0.29, 0.717) is 0 Å². The van der Waals surface area contributed by atoms with Crippen LogP contribution in [0.25, 0.3) is 0 Å². The summed E-state index contributed by atoms with van der Waals surface area (Å²) in [4.78, 5) is 21.9. The number of carbonyl (C=O) groups is 2. The zero-order valence-electron chi connectivity index (χ0n) is 8.50. The van der Waals surface area contributed by atoms with Crippen LogP contribution in [-0.2, 0) is 11.2 Å². The quantitative estimate of drug-likeness (QED) is 0.820. The molecular formula is C9H9F3N2O3. The van der Waals surface area contributed by atoms with Gasteiger partial charge < -0.3 is 15.5 Å². The molecule has 1 aromatic heterocycles. The number of hydrogen-bond acceptors (Lipinski definition) is 3. The topological polar surface area (TPSA) is 85.3 Å². The van der Waals surface area contributed by atoms with E-state index in [1.807, 2.05) is 0 Å². The Morgan fingerprint density at radius 3 is 2.59 bits per heavy atom. The molecular weight excluding hydrogens is 241 g/mol. The van der Waals surface area contributed by atoms with E-state index in [1.54, 1.807) is 5.32 Å². The van der Waals surface area contributed by atoms with Crippen LogP contribution in [0.3, 0.4) is 0 Å². The average molecular weight is 250 g/mol. The van der Waals surface area contributed by atoms with Crippen LogP contribution in [-0.4, -0.2) is 24.5 Å². The predicted molar refractivity (Wildman–Crippen MR) is 50.0 cm³/mol. The molecule has 94 valence electrons. The molecule has 0 saturated carbocycles. The number of nitrogens with two attached hydrogens (primary N) is 1. The highest BCUT2D eigenvalue weighted by molar-refractivity contribution is 5.95. The van der Waals surface area contributed by atoms with Crippen LogP contribution in [0.2, 0.25) is 0 Å². The van der Waals surface area contributed by atoms with Crippen molar-refractivity contribution in [1.29, 1.82) is 0 Å². The lowest BCUT2D eigenvalue weighted by Crippen LogP contribution is -2.34. The molecule has 3 N–H and O–H groups in total. The molecule has 0 spiro atoms. The van der Waals surface area contributed by atoms with Gasteiger partial charge in [-0.2, -0.15) is 13.2 Å². The van der Waals surface area contributed by atoms with Crippen molar-refractivity contribution >= 4 is 11.8 Å². The molecule has 0 atom stereocenters. The first-order chi connectivity index (χ1) is 7.79. The van der Waals surface area contributed by atoms with E-state index in [9.17, 15) is 22.8 Å². The molecule has 0 aliphatic heterocycles. The van der Waals surface area contributed by atoms with Crippen molar-refractivity contribution in [3.8, 4) is 0 Å². The smallest absolute Gasteiger partial charge is 0.405 e. The SMILES string of the molecule is NC(=O)c1ccoc1CC(=O)NCC(F)(F)F. The Balaban J connectivity index is 2.57. The number of nitrogens with one attached hydrogen (secondary N) is 1. The first-order valence-corrected chi connectivity index (χ1v) is 4.49. The summed E-state index contributed by atoms with van der Waals surface area (Å²) in [6, 6.07) is 1.24. The van der Waals surface area contributed by atoms with Crippen molar-refractivity contribution in [2.75, 3.05) is 6.54 Å². The molecule has 0 saturated heterocycles. The molecule has 1 aromatic rings. The van der Waals surface area contributed by atoms with E-state index >= 15 is 0 Å². The number of halogens is 3. The van der Waals surface area contributed by atoms with Gasteiger partial charge in [0.25, 0.3) is 5.91 Å². The van der Waals surface area contributed by atoms with Gasteiger partial charge in [0.2, 0.25) is 5.91 Å². The van der Waals surface area contributed by atoms with Gasteiger partial charge in [-0.05, 0) is 6.07 Å². The molecule has 17 heavy (non-hydrogen) atoms. The Kier molecular flexibility index (Phi) is 3.77. The van der Waals surface area contributed by atoms with Gasteiger partial charge in [0.15, 0.2) is 0 Å². The molecule has 0 unspecified atom stereocenters. The van der Waals surface area contributed by atoms with Gasteiger partial charge in [0.1, 0.15) is 12.3 Å². The minimum atomic E-state index is -4.48. The second kappa shape index (κ2) is 4.89. The minimum Gasteiger partial charge on any atom is -0.468 e. The summed E-state index contributed by atoms with van der Waals surface area (Å²) in [6.45, 7) is -1.43. The van der Waals surface area contributed by atoms with E-state index in [0.717, 1.165) is 6.26 Å². The summed E-state index contributed by atoms with van der Waals surface area (Å²) in [5, 5.41) is 1.65. The highest BCUT2D eigenvalue weighted by Gasteiger charge is 2.28. The Morgan fingerprint density at radius 1 is 1.41 bits per heavy atom. The maximum atomic E-state index is 11.8. The Bertz CT molecular complexity index is 425.